The predicted molar refractivity (Wildman–Crippen MR) is 117 cm³/mol. The first-order valence-electron chi connectivity index (χ1n) is 9.81. The van der Waals surface area contributed by atoms with Crippen LogP contribution in [0.3, 0.4) is 0 Å². The molecule has 2 heterocycles. The number of aromatic nitrogens is 2. The minimum absolute atomic E-state index is 0.128. The number of ether oxygens (including phenoxy) is 1. The molecule has 2 atom stereocenters. The Morgan fingerprint density at radius 3 is 2.67 bits per heavy atom. The van der Waals surface area contributed by atoms with Crippen molar-refractivity contribution in [1.82, 2.24) is 9.97 Å². The molecule has 0 aliphatic carbocycles. The molecular weight excluding hydrogens is 461 g/mol. The zero-order valence-electron chi connectivity index (χ0n) is 18.1. The second kappa shape index (κ2) is 9.33. The summed E-state index contributed by atoms with van der Waals surface area (Å²) in [4.78, 5) is 23.8. The smallest absolute Gasteiger partial charge is 0.388 e. The highest BCUT2D eigenvalue weighted by atomic mass is 32.2. The van der Waals surface area contributed by atoms with Gasteiger partial charge in [-0.05, 0) is 38.5 Å². The Balaban J connectivity index is 1.88. The Morgan fingerprint density at radius 2 is 2.06 bits per heavy atom. The number of aliphatic imine (C=N–C) groups is 1. The van der Waals surface area contributed by atoms with Gasteiger partial charge in [-0.3, -0.25) is 9.79 Å². The highest BCUT2D eigenvalue weighted by Crippen LogP contribution is 2.42. The van der Waals surface area contributed by atoms with Crippen LogP contribution in [0.4, 0.5) is 18.9 Å². The first kappa shape index (κ1) is 24.4. The molecule has 3 rings (SSSR count). The molecule has 9 nitrogen and oxygen atoms in total. The van der Waals surface area contributed by atoms with E-state index in [1.807, 2.05) is 0 Å². The summed E-state index contributed by atoms with van der Waals surface area (Å²) in [5.74, 6) is -1.60. The average Bonchev–Trinajstić information content (AvgIpc) is 3.17. The van der Waals surface area contributed by atoms with Crippen LogP contribution in [0.1, 0.15) is 41.6 Å². The van der Waals surface area contributed by atoms with Crippen molar-refractivity contribution >= 4 is 27.2 Å². The topological polar surface area (TPSA) is 132 Å². The van der Waals surface area contributed by atoms with E-state index in [1.54, 1.807) is 13.8 Å². The van der Waals surface area contributed by atoms with Gasteiger partial charge in [-0.15, -0.1) is 0 Å². The summed E-state index contributed by atoms with van der Waals surface area (Å²) in [5.41, 5.74) is 6.16. The number of alkyl halides is 2. The number of amides is 1. The Morgan fingerprint density at radius 1 is 1.33 bits per heavy atom. The second-order valence-electron chi connectivity index (χ2n) is 7.63. The molecule has 0 fully saturated rings. The molecule has 0 spiro atoms. The fourth-order valence-corrected chi connectivity index (χ4v) is 6.40. The van der Waals surface area contributed by atoms with Crippen molar-refractivity contribution in [2.24, 2.45) is 15.1 Å². The fourth-order valence-electron chi connectivity index (χ4n) is 3.47. The summed E-state index contributed by atoms with van der Waals surface area (Å²) >= 11 is 0. The van der Waals surface area contributed by atoms with Gasteiger partial charge in [0.25, 0.3) is 5.91 Å². The number of rotatable bonds is 7. The highest BCUT2D eigenvalue weighted by Gasteiger charge is 2.45. The third kappa shape index (κ3) is 4.77. The van der Waals surface area contributed by atoms with E-state index in [4.69, 9.17) is 5.73 Å². The third-order valence-corrected chi connectivity index (χ3v) is 8.82. The van der Waals surface area contributed by atoms with Crippen LogP contribution in [0.15, 0.2) is 39.9 Å². The van der Waals surface area contributed by atoms with Gasteiger partial charge in [0.1, 0.15) is 22.1 Å². The quantitative estimate of drug-likeness (QED) is 0.458. The maximum absolute atomic E-state index is 14.8. The van der Waals surface area contributed by atoms with E-state index < -0.39 is 43.9 Å². The lowest BCUT2D eigenvalue weighted by Gasteiger charge is -2.31. The van der Waals surface area contributed by atoms with Gasteiger partial charge in [0.15, 0.2) is 0 Å². The molecule has 0 radical (unpaired) electrons. The summed E-state index contributed by atoms with van der Waals surface area (Å²) in [6, 6.07) is 3.87. The lowest BCUT2D eigenvalue weighted by Crippen LogP contribution is -2.46. The number of nitrogens with one attached hydrogen (secondary N) is 1. The molecule has 2 aromatic rings. The van der Waals surface area contributed by atoms with E-state index >= 15 is 0 Å². The van der Waals surface area contributed by atoms with Gasteiger partial charge in [-0.25, -0.2) is 22.9 Å². The van der Waals surface area contributed by atoms with E-state index in [-0.39, 0.29) is 29.3 Å². The van der Waals surface area contributed by atoms with Crippen molar-refractivity contribution in [1.29, 1.82) is 0 Å². The molecule has 3 N–H and O–H groups in total. The molecular formula is C20H23F3N6O3S. The van der Waals surface area contributed by atoms with Crippen LogP contribution in [0, 0.1) is 5.82 Å². The number of halogens is 3. The summed E-state index contributed by atoms with van der Waals surface area (Å²) < 4.78 is 60.4. The van der Waals surface area contributed by atoms with E-state index in [1.165, 1.54) is 19.2 Å². The maximum Gasteiger partial charge on any atom is 0.388 e. The number of benzene rings is 1. The molecule has 13 heteroatoms. The number of anilines is 1. The number of hydrogen-bond donors (Lipinski definition) is 2. The predicted octanol–water partition coefficient (Wildman–Crippen LogP) is 3.15. The Bertz CT molecular complexity index is 1190. The minimum atomic E-state index is -3.07. The molecule has 1 aliphatic heterocycles. The van der Waals surface area contributed by atoms with Crippen molar-refractivity contribution in [2.75, 3.05) is 18.9 Å². The normalized spacial score (nSPS) is 21.1. The van der Waals surface area contributed by atoms with Crippen LogP contribution < -0.4 is 15.8 Å². The maximum atomic E-state index is 14.8. The highest BCUT2D eigenvalue weighted by molar-refractivity contribution is 7.96. The number of amidine groups is 1. The van der Waals surface area contributed by atoms with Crippen LogP contribution >= 0.6 is 0 Å². The fraction of sp³-hybridized carbons (Fsp3) is 0.400. The van der Waals surface area contributed by atoms with E-state index in [0.717, 1.165) is 18.5 Å². The van der Waals surface area contributed by atoms with Crippen molar-refractivity contribution < 1.29 is 26.9 Å². The molecule has 0 saturated carbocycles. The Hall–Kier alpha value is -3.22. The molecule has 0 bridgehead atoms. The largest absolute Gasteiger partial charge is 0.415 e. The molecule has 178 valence electrons. The summed E-state index contributed by atoms with van der Waals surface area (Å²) in [6.45, 7) is 0.507. The Labute approximate surface area is 188 Å². The van der Waals surface area contributed by atoms with Crippen molar-refractivity contribution in [3.05, 3.63) is 47.7 Å². The van der Waals surface area contributed by atoms with Crippen LogP contribution in [0.2, 0.25) is 0 Å². The Kier molecular flexibility index (Phi) is 6.91. The first-order valence-corrected chi connectivity index (χ1v) is 11.4. The van der Waals surface area contributed by atoms with E-state index in [9.17, 15) is 22.2 Å². The molecule has 1 amide bonds. The lowest BCUT2D eigenvalue weighted by atomic mass is 10.1. The molecule has 33 heavy (non-hydrogen) atoms. The average molecular weight is 485 g/mol. The minimum Gasteiger partial charge on any atom is -0.415 e. The van der Waals surface area contributed by atoms with Gasteiger partial charge in [-0.1, -0.05) is 0 Å². The van der Waals surface area contributed by atoms with Crippen molar-refractivity contribution in [2.45, 2.75) is 36.9 Å². The van der Waals surface area contributed by atoms with Crippen LogP contribution in [0.5, 0.6) is 5.88 Å². The van der Waals surface area contributed by atoms with Gasteiger partial charge in [-0.2, -0.15) is 8.78 Å². The summed E-state index contributed by atoms with van der Waals surface area (Å²) in [7, 11) is -1.57. The molecule has 1 aliphatic rings. The van der Waals surface area contributed by atoms with Crippen LogP contribution in [-0.2, 0) is 9.73 Å². The van der Waals surface area contributed by atoms with Crippen molar-refractivity contribution in [3.63, 3.8) is 0 Å². The van der Waals surface area contributed by atoms with E-state index in [2.05, 4.69) is 29.4 Å². The molecule has 0 saturated heterocycles. The SMILES string of the molecule is C/N=C(/N)C(C)(C)S1(=O)=NCC[C@H]1c1cc(NC(=O)c2cnc(OC(F)F)cn2)ccc1F. The van der Waals surface area contributed by atoms with Gasteiger partial charge in [0.2, 0.25) is 5.88 Å². The third-order valence-electron chi connectivity index (χ3n) is 5.32. The van der Waals surface area contributed by atoms with Gasteiger partial charge < -0.3 is 15.8 Å². The number of nitrogens with zero attached hydrogens (tertiary/aromatic N) is 4. The van der Waals surface area contributed by atoms with Gasteiger partial charge in [0.05, 0.1) is 27.4 Å². The number of carbonyl (C=O) groups excluding carboxylic acids is 1. The molecule has 1 aromatic heterocycles. The van der Waals surface area contributed by atoms with E-state index in [0.29, 0.717) is 6.42 Å². The molecule has 1 unspecified atom stereocenters. The summed E-state index contributed by atoms with van der Waals surface area (Å²) in [6.07, 6.45) is 2.19. The number of hydrogen-bond acceptors (Lipinski definition) is 7. The van der Waals surface area contributed by atoms with Gasteiger partial charge >= 0.3 is 6.61 Å². The summed E-state index contributed by atoms with van der Waals surface area (Å²) in [5, 5.41) is 1.77. The lowest BCUT2D eigenvalue weighted by molar-refractivity contribution is -0.0531. The number of carbonyl (C=O) groups is 1. The van der Waals surface area contributed by atoms with Crippen molar-refractivity contribution in [3.8, 4) is 5.88 Å². The van der Waals surface area contributed by atoms with Crippen LogP contribution in [0.25, 0.3) is 0 Å². The number of nitrogens with two attached hydrogens (primary N) is 1. The first-order chi connectivity index (χ1) is 15.5. The zero-order valence-corrected chi connectivity index (χ0v) is 18.9. The second-order valence-corrected chi connectivity index (χ2v) is 10.6. The van der Waals surface area contributed by atoms with Gasteiger partial charge in [0, 0.05) is 24.8 Å². The molecule has 1 aromatic carbocycles. The standard InChI is InChI=1S/C20H23F3N6O3S/c1-20(2,18(24)25-3)33(31)15(6-7-28-33)12-8-11(4-5-13(12)21)29-17(30)14-9-27-16(10-26-14)32-19(22)23/h4-5,8-10,15,19H,6-7H2,1-3H3,(H2,24,25)(H,29,30)/t15-,33?/m0/s1. The monoisotopic (exact) mass is 484 g/mol. The zero-order chi connectivity index (χ0) is 24.4. The van der Waals surface area contributed by atoms with Crippen LogP contribution in [-0.4, -0.2) is 50.9 Å².